The Morgan fingerprint density at radius 1 is 0.848 bits per heavy atom. The van der Waals surface area contributed by atoms with E-state index < -0.39 is 29.9 Å². The van der Waals surface area contributed by atoms with E-state index in [2.05, 4.69) is 26.6 Å². The van der Waals surface area contributed by atoms with E-state index in [0.29, 0.717) is 32.5 Å². The van der Waals surface area contributed by atoms with Gasteiger partial charge < -0.3 is 26.6 Å². The number of hydrogen-bond acceptors (Lipinski definition) is 5. The molecule has 0 radical (unpaired) electrons. The highest BCUT2D eigenvalue weighted by Crippen LogP contribution is 2.06. The summed E-state index contributed by atoms with van der Waals surface area (Å²) >= 11 is 0. The zero-order valence-corrected chi connectivity index (χ0v) is 19.8. The van der Waals surface area contributed by atoms with Crippen LogP contribution < -0.4 is 26.6 Å². The monoisotopic (exact) mass is 459 g/mol. The Hall–Kier alpha value is -2.94. The maximum atomic E-state index is 13.0. The third-order valence-corrected chi connectivity index (χ3v) is 5.52. The van der Waals surface area contributed by atoms with Gasteiger partial charge in [-0.1, -0.05) is 44.2 Å². The van der Waals surface area contributed by atoms with Crippen LogP contribution in [-0.4, -0.2) is 61.4 Å². The largest absolute Gasteiger partial charge is 0.354 e. The molecule has 33 heavy (non-hydrogen) atoms. The number of carbonyl (C=O) groups is 4. The highest BCUT2D eigenvalue weighted by Gasteiger charge is 2.29. The van der Waals surface area contributed by atoms with Crippen molar-refractivity contribution in [3.63, 3.8) is 0 Å². The predicted octanol–water partition coefficient (Wildman–Crippen LogP) is 0.249. The van der Waals surface area contributed by atoms with Gasteiger partial charge in [-0.05, 0) is 44.3 Å². The lowest BCUT2D eigenvalue weighted by Gasteiger charge is -2.25. The fourth-order valence-corrected chi connectivity index (χ4v) is 3.55. The van der Waals surface area contributed by atoms with Gasteiger partial charge in [0.1, 0.15) is 18.1 Å². The zero-order chi connectivity index (χ0) is 24.2. The van der Waals surface area contributed by atoms with E-state index >= 15 is 0 Å². The summed E-state index contributed by atoms with van der Waals surface area (Å²) in [5.74, 6) is -1.47. The SMILES string of the molecule is CC(C)[C@H]1NC(=O)[C@@H](C)NC(=O)[C@H](Cc2ccccc2)NC(=O)CCCNCCCNC1=O. The van der Waals surface area contributed by atoms with Crippen LogP contribution in [0.3, 0.4) is 0 Å². The first kappa shape index (κ1) is 26.3. The minimum atomic E-state index is -0.871. The van der Waals surface area contributed by atoms with Gasteiger partial charge in [-0.3, -0.25) is 19.2 Å². The number of rotatable bonds is 3. The molecule has 1 saturated heterocycles. The third kappa shape index (κ3) is 9.21. The van der Waals surface area contributed by atoms with Crippen LogP contribution in [0.2, 0.25) is 0 Å². The summed E-state index contributed by atoms with van der Waals surface area (Å²) in [6, 6.07) is 7.00. The minimum Gasteiger partial charge on any atom is -0.354 e. The lowest BCUT2D eigenvalue weighted by molar-refractivity contribution is -0.133. The minimum absolute atomic E-state index is 0.120. The summed E-state index contributed by atoms with van der Waals surface area (Å²) in [5, 5.41) is 14.4. The molecule has 9 nitrogen and oxygen atoms in total. The smallest absolute Gasteiger partial charge is 0.243 e. The predicted molar refractivity (Wildman–Crippen MR) is 126 cm³/mol. The summed E-state index contributed by atoms with van der Waals surface area (Å²) in [4.78, 5) is 50.8. The quantitative estimate of drug-likeness (QED) is 0.443. The number of benzene rings is 1. The Kier molecular flexibility index (Phi) is 10.8. The van der Waals surface area contributed by atoms with Crippen LogP contribution in [0.5, 0.6) is 0 Å². The number of nitrogens with one attached hydrogen (secondary N) is 5. The van der Waals surface area contributed by atoms with Crippen molar-refractivity contribution in [1.29, 1.82) is 0 Å². The van der Waals surface area contributed by atoms with Crippen molar-refractivity contribution < 1.29 is 19.2 Å². The molecule has 5 N–H and O–H groups in total. The van der Waals surface area contributed by atoms with E-state index in [0.717, 1.165) is 12.0 Å². The topological polar surface area (TPSA) is 128 Å². The van der Waals surface area contributed by atoms with E-state index in [-0.39, 0.29) is 24.2 Å². The molecule has 0 saturated carbocycles. The van der Waals surface area contributed by atoms with Crippen LogP contribution in [-0.2, 0) is 25.6 Å². The zero-order valence-electron chi connectivity index (χ0n) is 19.8. The number of carbonyl (C=O) groups excluding carboxylic acids is 4. The second kappa shape index (κ2) is 13.6. The standard InChI is InChI=1S/C24H37N5O4/c1-16(2)21-24(33)26-14-8-13-25-12-7-11-20(30)28-19(15-18-9-5-4-6-10-18)23(32)27-17(3)22(31)29-21/h4-6,9-10,16-17,19,21,25H,7-8,11-15H2,1-3H3,(H,26,33)(H,27,32)(H,28,30)(H,29,31)/t17-,19+,21-/m1/s1. The van der Waals surface area contributed by atoms with Crippen molar-refractivity contribution in [2.45, 2.75) is 64.6 Å². The van der Waals surface area contributed by atoms with E-state index in [4.69, 9.17) is 0 Å². The molecule has 1 heterocycles. The summed E-state index contributed by atoms with van der Waals surface area (Å²) in [6.45, 7) is 7.13. The van der Waals surface area contributed by atoms with Crippen LogP contribution >= 0.6 is 0 Å². The Balaban J connectivity index is 2.15. The lowest BCUT2D eigenvalue weighted by atomic mass is 10.0. The second-order valence-electron chi connectivity index (χ2n) is 8.77. The molecule has 0 spiro atoms. The van der Waals surface area contributed by atoms with E-state index in [9.17, 15) is 19.2 Å². The van der Waals surface area contributed by atoms with Gasteiger partial charge in [0.2, 0.25) is 23.6 Å². The fraction of sp³-hybridized carbons (Fsp3) is 0.583. The van der Waals surface area contributed by atoms with Gasteiger partial charge >= 0.3 is 0 Å². The Labute approximate surface area is 195 Å². The van der Waals surface area contributed by atoms with Gasteiger partial charge in [0, 0.05) is 19.4 Å². The maximum Gasteiger partial charge on any atom is 0.243 e. The first-order valence-electron chi connectivity index (χ1n) is 11.7. The summed E-state index contributed by atoms with van der Waals surface area (Å²) in [7, 11) is 0. The highest BCUT2D eigenvalue weighted by atomic mass is 16.2. The van der Waals surface area contributed by atoms with Gasteiger partial charge in [-0.25, -0.2) is 0 Å². The first-order chi connectivity index (χ1) is 15.8. The number of hydrogen-bond donors (Lipinski definition) is 5. The van der Waals surface area contributed by atoms with Crippen molar-refractivity contribution in [3.8, 4) is 0 Å². The van der Waals surface area contributed by atoms with Crippen LogP contribution in [0.25, 0.3) is 0 Å². The molecule has 1 aromatic rings. The molecular formula is C24H37N5O4. The summed E-state index contributed by atoms with van der Waals surface area (Å²) in [6.07, 6.45) is 1.96. The van der Waals surface area contributed by atoms with Crippen LogP contribution in [0.15, 0.2) is 30.3 Å². The molecule has 2 rings (SSSR count). The lowest BCUT2D eigenvalue weighted by Crippen LogP contribution is -2.57. The molecule has 182 valence electrons. The van der Waals surface area contributed by atoms with Crippen molar-refractivity contribution >= 4 is 23.6 Å². The summed E-state index contributed by atoms with van der Waals surface area (Å²) < 4.78 is 0. The Morgan fingerprint density at radius 2 is 1.55 bits per heavy atom. The highest BCUT2D eigenvalue weighted by molar-refractivity contribution is 5.94. The molecule has 1 aliphatic rings. The molecule has 9 heteroatoms. The van der Waals surface area contributed by atoms with Crippen LogP contribution in [0.1, 0.15) is 45.6 Å². The normalized spacial score (nSPS) is 24.7. The molecule has 1 aliphatic heterocycles. The second-order valence-corrected chi connectivity index (χ2v) is 8.77. The summed E-state index contributed by atoms with van der Waals surface area (Å²) in [5.41, 5.74) is 0.899. The molecule has 0 bridgehead atoms. The first-order valence-corrected chi connectivity index (χ1v) is 11.7. The molecule has 3 atom stereocenters. The molecule has 1 fully saturated rings. The fourth-order valence-electron chi connectivity index (χ4n) is 3.55. The van der Waals surface area contributed by atoms with Crippen LogP contribution in [0.4, 0.5) is 0 Å². The molecule has 0 unspecified atom stereocenters. The average Bonchev–Trinajstić information content (AvgIpc) is 2.78. The molecular weight excluding hydrogens is 422 g/mol. The van der Waals surface area contributed by atoms with Crippen molar-refractivity contribution in [3.05, 3.63) is 35.9 Å². The maximum absolute atomic E-state index is 13.0. The van der Waals surface area contributed by atoms with Crippen molar-refractivity contribution in [1.82, 2.24) is 26.6 Å². The molecule has 1 aromatic carbocycles. The molecule has 0 aliphatic carbocycles. The molecule has 0 aromatic heterocycles. The van der Waals surface area contributed by atoms with Gasteiger partial charge in [0.05, 0.1) is 0 Å². The van der Waals surface area contributed by atoms with Gasteiger partial charge in [0.25, 0.3) is 0 Å². The van der Waals surface area contributed by atoms with Gasteiger partial charge in [-0.2, -0.15) is 0 Å². The molecule has 4 amide bonds. The van der Waals surface area contributed by atoms with Gasteiger partial charge in [-0.15, -0.1) is 0 Å². The third-order valence-electron chi connectivity index (χ3n) is 5.52. The number of amides is 4. The van der Waals surface area contributed by atoms with Crippen molar-refractivity contribution in [2.75, 3.05) is 19.6 Å². The Bertz CT molecular complexity index is 799. The van der Waals surface area contributed by atoms with Gasteiger partial charge in [0.15, 0.2) is 0 Å². The van der Waals surface area contributed by atoms with E-state index in [1.807, 2.05) is 44.2 Å². The van der Waals surface area contributed by atoms with E-state index in [1.54, 1.807) is 6.92 Å². The van der Waals surface area contributed by atoms with Crippen molar-refractivity contribution in [2.24, 2.45) is 5.92 Å². The van der Waals surface area contributed by atoms with E-state index in [1.165, 1.54) is 0 Å². The average molecular weight is 460 g/mol. The van der Waals surface area contributed by atoms with Crippen LogP contribution in [0, 0.1) is 5.92 Å². The Morgan fingerprint density at radius 3 is 2.24 bits per heavy atom.